The third-order valence-corrected chi connectivity index (χ3v) is 2.72. The highest BCUT2D eigenvalue weighted by atomic mass is 16.6. The van der Waals surface area contributed by atoms with E-state index in [4.69, 9.17) is 9.47 Å². The summed E-state index contributed by atoms with van der Waals surface area (Å²) < 4.78 is 10.8. The molecule has 2 heterocycles. The number of hydrogen-bond donors (Lipinski definition) is 1. The van der Waals surface area contributed by atoms with E-state index in [-0.39, 0.29) is 0 Å². The summed E-state index contributed by atoms with van der Waals surface area (Å²) in [4.78, 5) is 4.25. The summed E-state index contributed by atoms with van der Waals surface area (Å²) in [5, 5.41) is 9.71. The Morgan fingerprint density at radius 2 is 2.44 bits per heavy atom. The number of ether oxygens (including phenoxy) is 2. The molecule has 0 aliphatic carbocycles. The molecule has 0 spiro atoms. The van der Waals surface area contributed by atoms with Crippen molar-refractivity contribution in [2.45, 2.75) is 39.6 Å². The SMILES string of the molecule is CCCCOc1c(C)ncc2c1C(O)OC2. The first kappa shape index (κ1) is 11.4. The second-order valence-corrected chi connectivity index (χ2v) is 3.98. The van der Waals surface area contributed by atoms with Crippen molar-refractivity contribution in [3.05, 3.63) is 23.0 Å². The van der Waals surface area contributed by atoms with Gasteiger partial charge >= 0.3 is 0 Å². The molecule has 0 saturated heterocycles. The van der Waals surface area contributed by atoms with Crippen molar-refractivity contribution >= 4 is 0 Å². The number of unbranched alkanes of at least 4 members (excludes halogenated alkanes) is 1. The van der Waals surface area contributed by atoms with E-state index in [1.807, 2.05) is 6.92 Å². The Morgan fingerprint density at radius 3 is 3.19 bits per heavy atom. The van der Waals surface area contributed by atoms with Crippen LogP contribution in [0.2, 0.25) is 0 Å². The van der Waals surface area contributed by atoms with Gasteiger partial charge < -0.3 is 14.6 Å². The largest absolute Gasteiger partial charge is 0.491 e. The average molecular weight is 223 g/mol. The van der Waals surface area contributed by atoms with Crippen LogP contribution in [0.1, 0.15) is 42.9 Å². The van der Waals surface area contributed by atoms with Crippen molar-refractivity contribution in [1.82, 2.24) is 4.98 Å². The summed E-state index contributed by atoms with van der Waals surface area (Å²) >= 11 is 0. The van der Waals surface area contributed by atoms with Gasteiger partial charge in [0.2, 0.25) is 0 Å². The molecule has 0 aromatic carbocycles. The van der Waals surface area contributed by atoms with Crippen LogP contribution >= 0.6 is 0 Å². The van der Waals surface area contributed by atoms with E-state index in [2.05, 4.69) is 11.9 Å². The molecule has 0 bridgehead atoms. The summed E-state index contributed by atoms with van der Waals surface area (Å²) in [6.07, 6.45) is 2.96. The highest BCUT2D eigenvalue weighted by Gasteiger charge is 2.27. The molecule has 16 heavy (non-hydrogen) atoms. The third-order valence-electron chi connectivity index (χ3n) is 2.72. The normalized spacial score (nSPS) is 18.6. The molecule has 4 nitrogen and oxygen atoms in total. The van der Waals surface area contributed by atoms with Gasteiger partial charge in [0.15, 0.2) is 6.29 Å². The first-order chi connectivity index (χ1) is 7.74. The molecule has 2 rings (SSSR count). The zero-order valence-corrected chi connectivity index (χ0v) is 9.69. The lowest BCUT2D eigenvalue weighted by atomic mass is 10.1. The molecule has 1 atom stereocenters. The molecule has 0 fully saturated rings. The van der Waals surface area contributed by atoms with E-state index in [1.54, 1.807) is 6.20 Å². The molecular formula is C12H17NO3. The van der Waals surface area contributed by atoms with Gasteiger partial charge in [0, 0.05) is 11.8 Å². The minimum atomic E-state index is -0.867. The Bertz CT molecular complexity index is 379. The number of aryl methyl sites for hydroxylation is 1. The number of pyridine rings is 1. The van der Waals surface area contributed by atoms with Crippen LogP contribution in [0.25, 0.3) is 0 Å². The lowest BCUT2D eigenvalue weighted by Crippen LogP contribution is -2.05. The predicted octanol–water partition coefficient (Wildman–Crippen LogP) is 2.09. The van der Waals surface area contributed by atoms with Crippen molar-refractivity contribution in [1.29, 1.82) is 0 Å². The minimum Gasteiger partial charge on any atom is -0.491 e. The highest BCUT2D eigenvalue weighted by Crippen LogP contribution is 2.37. The summed E-state index contributed by atoms with van der Waals surface area (Å²) in [7, 11) is 0. The van der Waals surface area contributed by atoms with Crippen LogP contribution in [0.3, 0.4) is 0 Å². The Kier molecular flexibility index (Phi) is 3.41. The summed E-state index contributed by atoms with van der Waals surface area (Å²) in [6.45, 7) is 5.06. The van der Waals surface area contributed by atoms with Gasteiger partial charge in [0.25, 0.3) is 0 Å². The van der Waals surface area contributed by atoms with Crippen LogP contribution in [-0.2, 0) is 11.3 Å². The molecule has 1 aromatic rings. The maximum atomic E-state index is 9.71. The molecule has 0 radical (unpaired) electrons. The molecule has 0 amide bonds. The van der Waals surface area contributed by atoms with Crippen molar-refractivity contribution in [3.8, 4) is 5.75 Å². The average Bonchev–Trinajstić information content (AvgIpc) is 2.64. The minimum absolute atomic E-state index is 0.411. The fraction of sp³-hybridized carbons (Fsp3) is 0.583. The lowest BCUT2D eigenvalue weighted by molar-refractivity contribution is -0.0927. The van der Waals surface area contributed by atoms with E-state index in [1.165, 1.54) is 0 Å². The first-order valence-corrected chi connectivity index (χ1v) is 5.65. The Morgan fingerprint density at radius 1 is 1.62 bits per heavy atom. The number of rotatable bonds is 4. The van der Waals surface area contributed by atoms with Gasteiger partial charge in [-0.3, -0.25) is 4.98 Å². The van der Waals surface area contributed by atoms with Gasteiger partial charge in [-0.1, -0.05) is 13.3 Å². The van der Waals surface area contributed by atoms with Gasteiger partial charge in [0.1, 0.15) is 5.75 Å². The van der Waals surface area contributed by atoms with E-state index >= 15 is 0 Å². The van der Waals surface area contributed by atoms with E-state index in [0.29, 0.717) is 19.0 Å². The third kappa shape index (κ3) is 2.03. The van der Waals surface area contributed by atoms with E-state index in [0.717, 1.165) is 29.7 Å². The standard InChI is InChI=1S/C12H17NO3/c1-3-4-5-15-11-8(2)13-6-9-7-16-12(14)10(9)11/h6,12,14H,3-5,7H2,1-2H3. The van der Waals surface area contributed by atoms with Crippen LogP contribution in [0, 0.1) is 6.92 Å². The molecule has 1 N–H and O–H groups in total. The van der Waals surface area contributed by atoms with E-state index in [9.17, 15) is 5.11 Å². The van der Waals surface area contributed by atoms with E-state index < -0.39 is 6.29 Å². The Labute approximate surface area is 95.2 Å². The van der Waals surface area contributed by atoms with Crippen LogP contribution in [0.4, 0.5) is 0 Å². The molecule has 1 unspecified atom stereocenters. The van der Waals surface area contributed by atoms with Crippen molar-refractivity contribution < 1.29 is 14.6 Å². The molecule has 1 aliphatic rings. The van der Waals surface area contributed by atoms with Crippen LogP contribution in [-0.4, -0.2) is 16.7 Å². The molecule has 0 saturated carbocycles. The number of hydrogen-bond acceptors (Lipinski definition) is 4. The number of nitrogens with zero attached hydrogens (tertiary/aromatic N) is 1. The van der Waals surface area contributed by atoms with Crippen LogP contribution < -0.4 is 4.74 Å². The quantitative estimate of drug-likeness (QED) is 0.794. The van der Waals surface area contributed by atoms with Crippen molar-refractivity contribution in [2.75, 3.05) is 6.61 Å². The van der Waals surface area contributed by atoms with Gasteiger partial charge in [-0.25, -0.2) is 0 Å². The van der Waals surface area contributed by atoms with Crippen LogP contribution in [0.5, 0.6) is 5.75 Å². The predicted molar refractivity (Wildman–Crippen MR) is 59.1 cm³/mol. The van der Waals surface area contributed by atoms with Gasteiger partial charge in [-0.05, 0) is 13.3 Å². The molecule has 88 valence electrons. The summed E-state index contributed by atoms with van der Waals surface area (Å²) in [5.74, 6) is 0.691. The van der Waals surface area contributed by atoms with Gasteiger partial charge in [0.05, 0.1) is 24.5 Å². The number of aliphatic hydroxyl groups excluding tert-OH is 1. The number of aliphatic hydroxyl groups is 1. The Balaban J connectivity index is 2.25. The molecule has 1 aliphatic heterocycles. The first-order valence-electron chi connectivity index (χ1n) is 5.65. The molecule has 4 heteroatoms. The molecule has 1 aromatic heterocycles. The lowest BCUT2D eigenvalue weighted by Gasteiger charge is -2.13. The smallest absolute Gasteiger partial charge is 0.185 e. The topological polar surface area (TPSA) is 51.6 Å². The van der Waals surface area contributed by atoms with Crippen molar-refractivity contribution in [3.63, 3.8) is 0 Å². The summed E-state index contributed by atoms with van der Waals surface area (Å²) in [6, 6.07) is 0. The van der Waals surface area contributed by atoms with Gasteiger partial charge in [-0.15, -0.1) is 0 Å². The number of aromatic nitrogens is 1. The maximum absolute atomic E-state index is 9.71. The fourth-order valence-electron chi connectivity index (χ4n) is 1.78. The zero-order chi connectivity index (χ0) is 11.5. The summed E-state index contributed by atoms with van der Waals surface area (Å²) in [5.41, 5.74) is 2.48. The fourth-order valence-corrected chi connectivity index (χ4v) is 1.78. The second-order valence-electron chi connectivity index (χ2n) is 3.98. The Hall–Kier alpha value is -1.13. The number of fused-ring (bicyclic) bond motifs is 1. The monoisotopic (exact) mass is 223 g/mol. The molecular weight excluding hydrogens is 206 g/mol. The van der Waals surface area contributed by atoms with Crippen LogP contribution in [0.15, 0.2) is 6.20 Å². The highest BCUT2D eigenvalue weighted by molar-refractivity contribution is 5.44. The van der Waals surface area contributed by atoms with Gasteiger partial charge in [-0.2, -0.15) is 0 Å². The maximum Gasteiger partial charge on any atom is 0.185 e. The second kappa shape index (κ2) is 4.80. The van der Waals surface area contributed by atoms with Crippen molar-refractivity contribution in [2.24, 2.45) is 0 Å². The zero-order valence-electron chi connectivity index (χ0n) is 9.69.